The van der Waals surface area contributed by atoms with Gasteiger partial charge in [0.2, 0.25) is 0 Å². The summed E-state index contributed by atoms with van der Waals surface area (Å²) in [5.74, 6) is -0.595. The molecule has 0 aromatic rings. The number of hydrogen-bond donors (Lipinski definition) is 1. The van der Waals surface area contributed by atoms with Crippen molar-refractivity contribution in [2.75, 3.05) is 13.2 Å². The third kappa shape index (κ3) is 66.6. The van der Waals surface area contributed by atoms with Gasteiger partial charge in [0, 0.05) is 12.8 Å². The Morgan fingerprint density at radius 2 is 0.500 bits per heavy atom. The Balaban J connectivity index is 3.47. The van der Waals surface area contributed by atoms with Gasteiger partial charge in [-0.15, -0.1) is 0 Å². The molecule has 5 heteroatoms. The smallest absolute Gasteiger partial charge is 0.306 e. The summed E-state index contributed by atoms with van der Waals surface area (Å²) in [5, 5.41) is 9.69. The van der Waals surface area contributed by atoms with Gasteiger partial charge in [0.15, 0.2) is 6.10 Å². The van der Waals surface area contributed by atoms with E-state index in [4.69, 9.17) is 9.47 Å². The minimum atomic E-state index is -0.784. The number of hydrogen-bond acceptors (Lipinski definition) is 5. The second-order valence-electron chi connectivity index (χ2n) is 22.1. The Labute approximate surface area is 496 Å². The minimum Gasteiger partial charge on any atom is -0.462 e. The molecule has 0 radical (unpaired) electrons. The van der Waals surface area contributed by atoms with E-state index in [9.17, 15) is 14.7 Å². The molecule has 0 aromatic carbocycles. The molecule has 1 atom stereocenters. The highest BCUT2D eigenvalue weighted by atomic mass is 16.6. The molecule has 0 bridgehead atoms. The van der Waals surface area contributed by atoms with Crippen LogP contribution in [0.2, 0.25) is 0 Å². The monoisotopic (exact) mass is 1110 g/mol. The summed E-state index contributed by atoms with van der Waals surface area (Å²) in [6.07, 6.45) is 103. The molecule has 0 rings (SSSR count). The first-order chi connectivity index (χ1) is 39.6. The van der Waals surface area contributed by atoms with Crippen LogP contribution in [0.15, 0.2) is 134 Å². The van der Waals surface area contributed by atoms with E-state index in [2.05, 4.69) is 148 Å². The predicted octanol–water partition coefficient (Wildman–Crippen LogP) is 23.5. The number of ether oxygens (including phenoxy) is 2. The van der Waals surface area contributed by atoms with Crippen molar-refractivity contribution in [2.24, 2.45) is 0 Å². The van der Waals surface area contributed by atoms with Gasteiger partial charge in [-0.25, -0.2) is 0 Å². The zero-order valence-corrected chi connectivity index (χ0v) is 52.3. The van der Waals surface area contributed by atoms with Gasteiger partial charge in [-0.3, -0.25) is 9.59 Å². The predicted molar refractivity (Wildman–Crippen MR) is 352 cm³/mol. The summed E-state index contributed by atoms with van der Waals surface area (Å²) in [6.45, 7) is 3.93. The van der Waals surface area contributed by atoms with Crippen LogP contribution < -0.4 is 0 Å². The van der Waals surface area contributed by atoms with E-state index in [1.54, 1.807) is 0 Å². The molecule has 0 aliphatic heterocycles. The van der Waals surface area contributed by atoms with Crippen LogP contribution in [-0.2, 0) is 19.1 Å². The molecule has 0 spiro atoms. The van der Waals surface area contributed by atoms with E-state index in [1.165, 1.54) is 167 Å². The van der Waals surface area contributed by atoms with Crippen LogP contribution in [0, 0.1) is 0 Å². The first kappa shape index (κ1) is 76.0. The minimum absolute atomic E-state index is 0.0727. The fraction of sp³-hybridized carbons (Fsp3) is 0.680. The van der Waals surface area contributed by atoms with Crippen molar-refractivity contribution in [1.29, 1.82) is 0 Å². The molecule has 456 valence electrons. The van der Waals surface area contributed by atoms with Crippen LogP contribution in [0.1, 0.15) is 309 Å². The van der Waals surface area contributed by atoms with Crippen LogP contribution in [0.3, 0.4) is 0 Å². The molecule has 0 amide bonds. The maximum Gasteiger partial charge on any atom is 0.306 e. The molecule has 80 heavy (non-hydrogen) atoms. The zero-order chi connectivity index (χ0) is 57.6. The Kier molecular flexibility index (Phi) is 65.9. The fourth-order valence-electron chi connectivity index (χ4n) is 9.47. The van der Waals surface area contributed by atoms with Crippen molar-refractivity contribution in [2.45, 2.75) is 315 Å². The molecular weight excluding hydrogens is 981 g/mol. The number of carbonyl (C=O) groups is 2. The number of unbranched alkanes of at least 4 members (excludes halogenated alkanes) is 31. The van der Waals surface area contributed by atoms with Crippen LogP contribution in [0.4, 0.5) is 0 Å². The van der Waals surface area contributed by atoms with Gasteiger partial charge in [-0.05, 0) is 109 Å². The quantitative estimate of drug-likeness (QED) is 0.0373. The largest absolute Gasteiger partial charge is 0.462 e. The highest BCUT2D eigenvalue weighted by Crippen LogP contribution is 2.17. The Morgan fingerprint density at radius 1 is 0.287 bits per heavy atom. The molecule has 0 saturated heterocycles. The standard InChI is InChI=1S/C75H126O5/c1-3-5-7-9-11-13-15-17-19-21-23-25-27-29-31-32-33-34-35-36-37-38-39-40-41-42-44-45-47-49-51-53-55-57-59-61-63-65-67-69-74(77)79-72-73(71-76)80-75(78)70-68-66-64-62-60-58-56-54-52-50-48-46-43-30-28-26-24-22-20-18-16-14-12-10-8-6-4-2/h5-8,11-14,17-20,23-26,29-31,43,48,50,73,76H,3-4,9-10,15-16,21-22,27-28,32-42,44-47,49,51-72H2,1-2H3/b7-5-,8-6-,13-11-,14-12-,19-17-,20-18-,25-23-,26-24-,31-29-,43-30-,50-48-. The maximum absolute atomic E-state index is 12.3. The van der Waals surface area contributed by atoms with Crippen LogP contribution in [0.5, 0.6) is 0 Å². The SMILES string of the molecule is CC/C=C\C/C=C\C/C=C\C/C=C\C/C=C\C/C=C\CCCCCCCCCCC(=O)OC(CO)COC(=O)CCCCCCCCCCCCCCCCCCCCCCCCC/C=C\C/C=C\C/C=C\C/C=C\C/C=C\CC. The van der Waals surface area contributed by atoms with E-state index < -0.39 is 6.10 Å². The number of aliphatic hydroxyl groups is 1. The summed E-state index contributed by atoms with van der Waals surface area (Å²) in [7, 11) is 0. The molecular formula is C75H126O5. The zero-order valence-electron chi connectivity index (χ0n) is 52.3. The van der Waals surface area contributed by atoms with Gasteiger partial charge >= 0.3 is 11.9 Å². The highest BCUT2D eigenvalue weighted by Gasteiger charge is 2.16. The molecule has 0 fully saturated rings. The number of esters is 2. The lowest BCUT2D eigenvalue weighted by atomic mass is 10.0. The first-order valence-corrected chi connectivity index (χ1v) is 33.7. The number of aliphatic hydroxyl groups excluding tert-OH is 1. The van der Waals surface area contributed by atoms with Gasteiger partial charge in [0.25, 0.3) is 0 Å². The topological polar surface area (TPSA) is 72.8 Å². The Morgan fingerprint density at radius 3 is 0.750 bits per heavy atom. The number of allylic oxidation sites excluding steroid dienone is 22. The second kappa shape index (κ2) is 69.3. The molecule has 0 aliphatic carbocycles. The summed E-state index contributed by atoms with van der Waals surface area (Å²) in [5.41, 5.74) is 0. The maximum atomic E-state index is 12.3. The van der Waals surface area contributed by atoms with E-state index in [0.717, 1.165) is 116 Å². The third-order valence-corrected chi connectivity index (χ3v) is 14.4. The van der Waals surface area contributed by atoms with E-state index in [-0.39, 0.29) is 25.2 Å². The Bertz CT molecular complexity index is 1630. The average Bonchev–Trinajstić information content (AvgIpc) is 3.46. The molecule has 1 unspecified atom stereocenters. The van der Waals surface area contributed by atoms with Crippen molar-refractivity contribution in [3.8, 4) is 0 Å². The van der Waals surface area contributed by atoms with Gasteiger partial charge in [0.1, 0.15) is 6.61 Å². The van der Waals surface area contributed by atoms with Gasteiger partial charge in [-0.1, -0.05) is 321 Å². The number of carbonyl (C=O) groups excluding carboxylic acids is 2. The van der Waals surface area contributed by atoms with Crippen molar-refractivity contribution >= 4 is 11.9 Å². The van der Waals surface area contributed by atoms with Gasteiger partial charge in [-0.2, -0.15) is 0 Å². The lowest BCUT2D eigenvalue weighted by molar-refractivity contribution is -0.161. The van der Waals surface area contributed by atoms with Crippen LogP contribution in [-0.4, -0.2) is 36.4 Å². The van der Waals surface area contributed by atoms with E-state index >= 15 is 0 Å². The van der Waals surface area contributed by atoms with Crippen LogP contribution in [0.25, 0.3) is 0 Å². The summed E-state index contributed by atoms with van der Waals surface area (Å²) < 4.78 is 10.7. The fourth-order valence-corrected chi connectivity index (χ4v) is 9.47. The molecule has 0 aromatic heterocycles. The van der Waals surface area contributed by atoms with E-state index in [1.807, 2.05) is 0 Å². The van der Waals surface area contributed by atoms with E-state index in [0.29, 0.717) is 12.8 Å². The average molecular weight is 1110 g/mol. The van der Waals surface area contributed by atoms with Crippen LogP contribution >= 0.6 is 0 Å². The second-order valence-corrected chi connectivity index (χ2v) is 22.1. The lowest BCUT2D eigenvalue weighted by Crippen LogP contribution is -2.28. The Hall–Kier alpha value is -3.96. The first-order valence-electron chi connectivity index (χ1n) is 33.7. The van der Waals surface area contributed by atoms with Crippen molar-refractivity contribution in [3.63, 3.8) is 0 Å². The van der Waals surface area contributed by atoms with Gasteiger partial charge < -0.3 is 14.6 Å². The number of rotatable bonds is 61. The van der Waals surface area contributed by atoms with Gasteiger partial charge in [0.05, 0.1) is 6.61 Å². The van der Waals surface area contributed by atoms with Crippen molar-refractivity contribution < 1.29 is 24.2 Å². The third-order valence-electron chi connectivity index (χ3n) is 14.4. The summed E-state index contributed by atoms with van der Waals surface area (Å²) >= 11 is 0. The lowest BCUT2D eigenvalue weighted by Gasteiger charge is -2.15. The molecule has 0 saturated carbocycles. The highest BCUT2D eigenvalue weighted by molar-refractivity contribution is 5.70. The normalized spacial score (nSPS) is 13.1. The molecule has 1 N–H and O–H groups in total. The molecule has 5 nitrogen and oxygen atoms in total. The molecule has 0 heterocycles. The summed E-state index contributed by atoms with van der Waals surface area (Å²) in [4.78, 5) is 24.6. The van der Waals surface area contributed by atoms with Crippen molar-refractivity contribution in [1.82, 2.24) is 0 Å². The summed E-state index contributed by atoms with van der Waals surface area (Å²) in [6, 6.07) is 0. The molecule has 0 aliphatic rings. The van der Waals surface area contributed by atoms with Crippen molar-refractivity contribution in [3.05, 3.63) is 134 Å².